The van der Waals surface area contributed by atoms with Gasteiger partial charge < -0.3 is 24.2 Å². The van der Waals surface area contributed by atoms with E-state index in [1.165, 1.54) is 5.56 Å². The van der Waals surface area contributed by atoms with E-state index >= 15 is 0 Å². The molecule has 2 aromatic heterocycles. The number of carbonyl (C=O) groups is 1. The van der Waals surface area contributed by atoms with Crippen LogP contribution in [0.25, 0.3) is 32.0 Å². The molecule has 2 aromatic carbocycles. The van der Waals surface area contributed by atoms with Crippen molar-refractivity contribution in [2.45, 2.75) is 103 Å². The average molecular weight is 671 g/mol. The summed E-state index contributed by atoms with van der Waals surface area (Å²) in [5.74, 6) is 0.964. The molecule has 48 heavy (non-hydrogen) atoms. The summed E-state index contributed by atoms with van der Waals surface area (Å²) in [6.45, 7) is 13.0. The number of piperidine rings is 1. The van der Waals surface area contributed by atoms with Crippen LogP contribution in [0, 0.1) is 6.92 Å². The molecular weight excluding hydrogens is 625 g/mol. The molecule has 254 valence electrons. The summed E-state index contributed by atoms with van der Waals surface area (Å²) in [4.78, 5) is 30.0. The average Bonchev–Trinajstić information content (AvgIpc) is 3.48. The van der Waals surface area contributed by atoms with Gasteiger partial charge in [-0.1, -0.05) is 18.9 Å². The molecule has 4 aliphatic heterocycles. The quantitative estimate of drug-likeness (QED) is 0.230. The number of carboxylic acid groups (broad SMARTS) is 1. The minimum atomic E-state index is -1.16. The van der Waals surface area contributed by atoms with Gasteiger partial charge in [0.25, 0.3) is 0 Å². The fourth-order valence-electron chi connectivity index (χ4n) is 7.38. The molecule has 1 N–H and O–H groups in total. The zero-order valence-corrected chi connectivity index (χ0v) is 29.5. The molecule has 0 spiro atoms. The first-order valence-corrected chi connectivity index (χ1v) is 18.1. The molecular formula is C38H46N4O5S. The molecule has 1 saturated heterocycles. The molecule has 0 saturated carbocycles. The van der Waals surface area contributed by atoms with Crippen LogP contribution in [0.1, 0.15) is 101 Å². The van der Waals surface area contributed by atoms with Crippen molar-refractivity contribution in [2.75, 3.05) is 31.2 Å². The zero-order chi connectivity index (χ0) is 33.6. The van der Waals surface area contributed by atoms with Crippen LogP contribution in [-0.2, 0) is 14.3 Å². The maximum Gasteiger partial charge on any atom is 0.337 e. The minimum Gasteiger partial charge on any atom is -0.493 e. The Bertz CT molecular complexity index is 1820. The number of aryl methyl sites for hydroxylation is 1. The van der Waals surface area contributed by atoms with Crippen molar-refractivity contribution >= 4 is 33.5 Å². The predicted molar refractivity (Wildman–Crippen MR) is 189 cm³/mol. The van der Waals surface area contributed by atoms with Gasteiger partial charge in [-0.15, -0.1) is 11.3 Å². The number of rotatable bonds is 3. The SMILES string of the molecule is Cc1cc2nc3sc2c(c1C(OC(C)(C)C)C(=O)O)-c1ccc2c(c1)C(CCCCCOC1(C)CCN(CC1)c1nccc-3n1)CCO2. The zero-order valence-electron chi connectivity index (χ0n) is 28.7. The van der Waals surface area contributed by atoms with Crippen molar-refractivity contribution in [2.24, 2.45) is 0 Å². The number of benzene rings is 2. The Labute approximate surface area is 286 Å². The summed E-state index contributed by atoms with van der Waals surface area (Å²) < 4.78 is 19.9. The summed E-state index contributed by atoms with van der Waals surface area (Å²) in [5.41, 5.74) is 5.23. The van der Waals surface area contributed by atoms with Crippen LogP contribution in [-0.4, -0.2) is 63.5 Å². The van der Waals surface area contributed by atoms with E-state index in [9.17, 15) is 9.90 Å². The number of fused-ring (bicyclic) bond motifs is 7. The van der Waals surface area contributed by atoms with Gasteiger partial charge in [0, 0.05) is 37.0 Å². The second-order valence-corrected chi connectivity index (χ2v) is 15.8. The highest BCUT2D eigenvalue weighted by atomic mass is 32.1. The van der Waals surface area contributed by atoms with E-state index in [0.717, 1.165) is 108 Å². The second kappa shape index (κ2) is 13.0. The highest BCUT2D eigenvalue weighted by molar-refractivity contribution is 7.22. The van der Waals surface area contributed by atoms with Gasteiger partial charge in [-0.2, -0.15) is 0 Å². The maximum absolute atomic E-state index is 13.0. The summed E-state index contributed by atoms with van der Waals surface area (Å²) in [5, 5.41) is 11.4. The smallest absolute Gasteiger partial charge is 0.337 e. The molecule has 0 radical (unpaired) electrons. The van der Waals surface area contributed by atoms with E-state index in [-0.39, 0.29) is 5.60 Å². The Morgan fingerprint density at radius 1 is 1.08 bits per heavy atom. The monoisotopic (exact) mass is 670 g/mol. The standard InChI is InChI=1S/C38H46N4O5S/c1-23-21-28-33-31(30(23)32(35(43)44)47-37(2,3)4)25-10-11-29-26(22-25)24(13-20-45-29)9-7-6-8-19-46-38(5)14-17-42(18-15-38)36-39-16-12-27(41-36)34(40-28)48-33/h10-12,16,21-22,24,32H,6-9,13-15,17-20H2,1-5H3,(H,43,44). The van der Waals surface area contributed by atoms with E-state index in [2.05, 4.69) is 35.0 Å². The Morgan fingerprint density at radius 2 is 1.90 bits per heavy atom. The van der Waals surface area contributed by atoms with Gasteiger partial charge in [-0.25, -0.2) is 19.7 Å². The molecule has 6 heterocycles. The van der Waals surface area contributed by atoms with Crippen LogP contribution in [0.4, 0.5) is 5.95 Å². The molecule has 8 rings (SSSR count). The number of nitrogens with zero attached hydrogens (tertiary/aromatic N) is 4. The van der Waals surface area contributed by atoms with Gasteiger partial charge in [-0.05, 0) is 114 Å². The van der Waals surface area contributed by atoms with E-state index < -0.39 is 17.7 Å². The molecule has 10 heteroatoms. The normalized spacial score (nSPS) is 22.3. The number of aromatic nitrogens is 3. The fourth-order valence-corrected chi connectivity index (χ4v) is 8.48. The highest BCUT2D eigenvalue weighted by Crippen LogP contribution is 2.47. The van der Waals surface area contributed by atoms with Gasteiger partial charge in [0.2, 0.25) is 5.95 Å². The largest absolute Gasteiger partial charge is 0.493 e. The number of ether oxygens (including phenoxy) is 3. The third-order valence-electron chi connectivity index (χ3n) is 9.96. The van der Waals surface area contributed by atoms with Crippen LogP contribution in [0.15, 0.2) is 36.5 Å². The molecule has 1 fully saturated rings. The first kappa shape index (κ1) is 32.9. The van der Waals surface area contributed by atoms with Gasteiger partial charge in [-0.3, -0.25) is 0 Å². The van der Waals surface area contributed by atoms with Crippen LogP contribution in [0.3, 0.4) is 0 Å². The molecule has 2 atom stereocenters. The highest BCUT2D eigenvalue weighted by Gasteiger charge is 2.34. The number of anilines is 1. The van der Waals surface area contributed by atoms with Gasteiger partial charge in [0.05, 0.1) is 28.0 Å². The molecule has 0 aliphatic carbocycles. The number of hydrogen-bond donors (Lipinski definition) is 1. The third-order valence-corrected chi connectivity index (χ3v) is 11.1. The van der Waals surface area contributed by atoms with E-state index in [1.807, 2.05) is 46.0 Å². The van der Waals surface area contributed by atoms with Crippen molar-refractivity contribution < 1.29 is 24.1 Å². The third kappa shape index (κ3) is 6.67. The predicted octanol–water partition coefficient (Wildman–Crippen LogP) is 8.49. The topological polar surface area (TPSA) is 107 Å². The molecule has 4 aliphatic rings. The van der Waals surface area contributed by atoms with Gasteiger partial charge in [0.1, 0.15) is 16.5 Å². The number of carboxylic acids is 1. The maximum atomic E-state index is 13.0. The first-order valence-electron chi connectivity index (χ1n) is 17.3. The Balaban J connectivity index is 1.42. The summed E-state index contributed by atoms with van der Waals surface area (Å²) >= 11 is 1.54. The fraction of sp³-hybridized carbons (Fsp3) is 0.526. The van der Waals surface area contributed by atoms with Crippen molar-refractivity contribution in [3.63, 3.8) is 0 Å². The van der Waals surface area contributed by atoms with Crippen molar-refractivity contribution in [3.05, 3.63) is 53.2 Å². The lowest BCUT2D eigenvalue weighted by Crippen LogP contribution is -2.45. The minimum absolute atomic E-state index is 0.133. The van der Waals surface area contributed by atoms with Crippen LogP contribution < -0.4 is 9.64 Å². The van der Waals surface area contributed by atoms with Gasteiger partial charge >= 0.3 is 5.97 Å². The first-order chi connectivity index (χ1) is 23.0. The van der Waals surface area contributed by atoms with E-state index in [4.69, 9.17) is 24.2 Å². The Hall–Kier alpha value is -3.60. The lowest BCUT2D eigenvalue weighted by Gasteiger charge is -2.39. The number of aliphatic carboxylic acids is 1. The lowest BCUT2D eigenvalue weighted by atomic mass is 9.85. The van der Waals surface area contributed by atoms with Crippen LogP contribution in [0.2, 0.25) is 0 Å². The summed E-state index contributed by atoms with van der Waals surface area (Å²) in [6.07, 6.45) is 7.81. The summed E-state index contributed by atoms with van der Waals surface area (Å²) in [6, 6.07) is 10.3. The lowest BCUT2D eigenvalue weighted by molar-refractivity contribution is -0.160. The van der Waals surface area contributed by atoms with E-state index in [0.29, 0.717) is 24.0 Å². The van der Waals surface area contributed by atoms with Crippen molar-refractivity contribution in [1.29, 1.82) is 0 Å². The molecule has 9 nitrogen and oxygen atoms in total. The van der Waals surface area contributed by atoms with Gasteiger partial charge in [0.15, 0.2) is 6.10 Å². The van der Waals surface area contributed by atoms with Crippen molar-refractivity contribution in [1.82, 2.24) is 15.0 Å². The number of hydrogen-bond acceptors (Lipinski definition) is 9. The van der Waals surface area contributed by atoms with Crippen LogP contribution in [0.5, 0.6) is 5.75 Å². The van der Waals surface area contributed by atoms with Crippen molar-refractivity contribution in [3.8, 4) is 27.6 Å². The van der Waals surface area contributed by atoms with E-state index in [1.54, 1.807) is 11.3 Å². The molecule has 4 aromatic rings. The molecule has 0 amide bonds. The molecule has 2 unspecified atom stereocenters. The van der Waals surface area contributed by atoms with Crippen LogP contribution >= 0.6 is 11.3 Å². The number of thiazole rings is 1. The second-order valence-electron chi connectivity index (χ2n) is 14.8. The summed E-state index contributed by atoms with van der Waals surface area (Å²) in [7, 11) is 0. The Morgan fingerprint density at radius 3 is 2.67 bits per heavy atom. The molecule has 8 bridgehead atoms. The Kier molecular flexibility index (Phi) is 8.93.